The van der Waals surface area contributed by atoms with Gasteiger partial charge in [0.1, 0.15) is 0 Å². The fourth-order valence-corrected chi connectivity index (χ4v) is 2.63. The van der Waals surface area contributed by atoms with Gasteiger partial charge in [-0.1, -0.05) is 35.3 Å². The monoisotopic (exact) mass is 422 g/mol. The zero-order chi connectivity index (χ0) is 13.8. The molecule has 2 nitrogen and oxygen atoms in total. The van der Waals surface area contributed by atoms with Crippen molar-refractivity contribution in [1.29, 1.82) is 0 Å². The average molecular weight is 423 g/mol. The maximum atomic E-state index is 6.07. The molecule has 0 amide bonds. The van der Waals surface area contributed by atoms with Crippen LogP contribution in [0.15, 0.2) is 42.5 Å². The number of anilines is 2. The number of benzene rings is 2. The molecule has 98 valence electrons. The van der Waals surface area contributed by atoms with Crippen LogP contribution >= 0.6 is 58.0 Å². The minimum Gasteiger partial charge on any atom is -0.332 e. The molecule has 0 unspecified atom stereocenters. The number of rotatable bonds is 2. The number of para-hydroxylation sites is 1. The molecule has 0 aromatic heterocycles. The van der Waals surface area contributed by atoms with E-state index in [4.69, 9.17) is 35.4 Å². The van der Waals surface area contributed by atoms with Gasteiger partial charge in [0.25, 0.3) is 0 Å². The Morgan fingerprint density at radius 3 is 2.37 bits per heavy atom. The molecule has 0 spiro atoms. The van der Waals surface area contributed by atoms with Crippen LogP contribution in [0.4, 0.5) is 11.4 Å². The van der Waals surface area contributed by atoms with Crippen LogP contribution < -0.4 is 10.6 Å². The van der Waals surface area contributed by atoms with E-state index in [9.17, 15) is 0 Å². The summed E-state index contributed by atoms with van der Waals surface area (Å²) >= 11 is 19.4. The molecule has 6 heteroatoms. The fraction of sp³-hybridized carbons (Fsp3) is 0. The Hall–Kier alpha value is -0.560. The number of nitrogens with one attached hydrogen (secondary N) is 2. The second kappa shape index (κ2) is 6.74. The predicted octanol–water partition coefficient (Wildman–Crippen LogP) is 5.41. The van der Waals surface area contributed by atoms with Gasteiger partial charge in [-0.05, 0) is 65.1 Å². The van der Waals surface area contributed by atoms with Gasteiger partial charge in [0, 0.05) is 8.59 Å². The topological polar surface area (TPSA) is 24.1 Å². The molecule has 0 atom stereocenters. The Labute approximate surface area is 140 Å². The first-order valence-electron chi connectivity index (χ1n) is 5.34. The number of hydrogen-bond acceptors (Lipinski definition) is 1. The normalized spacial score (nSPS) is 10.1. The van der Waals surface area contributed by atoms with E-state index < -0.39 is 0 Å². The van der Waals surface area contributed by atoms with E-state index in [2.05, 4.69) is 33.2 Å². The van der Waals surface area contributed by atoms with E-state index in [-0.39, 0.29) is 0 Å². The molecule has 0 radical (unpaired) electrons. The van der Waals surface area contributed by atoms with E-state index >= 15 is 0 Å². The molecule has 0 aliphatic carbocycles. The third kappa shape index (κ3) is 4.21. The molecule has 0 aliphatic heterocycles. The van der Waals surface area contributed by atoms with Crippen molar-refractivity contribution in [3.63, 3.8) is 0 Å². The molecule has 2 aromatic carbocycles. The van der Waals surface area contributed by atoms with Gasteiger partial charge in [-0.25, -0.2) is 0 Å². The minimum absolute atomic E-state index is 0.480. The summed E-state index contributed by atoms with van der Waals surface area (Å²) in [4.78, 5) is 0. The standard InChI is InChI=1S/C13H9Cl2IN2S/c14-8-5-6-11(9(15)7-8)17-13(19)18-12-4-2-1-3-10(12)16/h1-7H,(H2,17,18,19). The van der Waals surface area contributed by atoms with Crippen LogP contribution in [-0.4, -0.2) is 5.11 Å². The Balaban J connectivity index is 2.08. The second-order valence-corrected chi connectivity index (χ2v) is 6.10. The summed E-state index contributed by atoms with van der Waals surface area (Å²) < 4.78 is 1.09. The number of halogens is 3. The molecule has 0 saturated heterocycles. The molecule has 2 N–H and O–H groups in total. The average Bonchev–Trinajstić information content (AvgIpc) is 2.36. The van der Waals surface area contributed by atoms with Gasteiger partial charge in [-0.15, -0.1) is 0 Å². The summed E-state index contributed by atoms with van der Waals surface area (Å²) in [6, 6.07) is 13.1. The van der Waals surface area contributed by atoms with Crippen LogP contribution in [0.1, 0.15) is 0 Å². The molecule has 0 aliphatic rings. The third-order valence-electron chi connectivity index (χ3n) is 2.30. The molecule has 19 heavy (non-hydrogen) atoms. The lowest BCUT2D eigenvalue weighted by Crippen LogP contribution is -2.19. The van der Waals surface area contributed by atoms with Gasteiger partial charge in [0.15, 0.2) is 5.11 Å². The van der Waals surface area contributed by atoms with Crippen LogP contribution in [0, 0.1) is 3.57 Å². The fourth-order valence-electron chi connectivity index (χ4n) is 1.43. The SMILES string of the molecule is S=C(Nc1ccc(Cl)cc1Cl)Nc1ccccc1I. The first-order chi connectivity index (χ1) is 9.06. The summed E-state index contributed by atoms with van der Waals surface area (Å²) in [7, 11) is 0. The number of hydrogen-bond donors (Lipinski definition) is 2. The van der Waals surface area contributed by atoms with Gasteiger partial charge in [0.05, 0.1) is 16.4 Å². The van der Waals surface area contributed by atoms with Crippen LogP contribution in [0.3, 0.4) is 0 Å². The van der Waals surface area contributed by atoms with Gasteiger partial charge < -0.3 is 10.6 Å². The minimum atomic E-state index is 0.480. The summed E-state index contributed by atoms with van der Waals surface area (Å²) in [5, 5.41) is 7.76. The first kappa shape index (κ1) is 14.8. The quantitative estimate of drug-likeness (QED) is 0.500. The molecule has 0 fully saturated rings. The Bertz CT molecular complexity index is 619. The van der Waals surface area contributed by atoms with Gasteiger partial charge in [0.2, 0.25) is 0 Å². The smallest absolute Gasteiger partial charge is 0.175 e. The van der Waals surface area contributed by atoms with Crippen molar-refractivity contribution in [3.05, 3.63) is 56.1 Å². The maximum absolute atomic E-state index is 6.07. The zero-order valence-corrected chi connectivity index (χ0v) is 14.1. The van der Waals surface area contributed by atoms with Crippen LogP contribution in [0.25, 0.3) is 0 Å². The third-order valence-corrected chi connectivity index (χ3v) is 3.99. The first-order valence-corrected chi connectivity index (χ1v) is 7.58. The van der Waals surface area contributed by atoms with Crippen LogP contribution in [0.2, 0.25) is 10.0 Å². The molecular weight excluding hydrogens is 414 g/mol. The molecule has 0 bridgehead atoms. The van der Waals surface area contributed by atoms with Crippen molar-refractivity contribution in [2.24, 2.45) is 0 Å². The highest BCUT2D eigenvalue weighted by molar-refractivity contribution is 14.1. The lowest BCUT2D eigenvalue weighted by Gasteiger charge is -2.12. The Morgan fingerprint density at radius 2 is 1.68 bits per heavy atom. The number of thiocarbonyl (C=S) groups is 1. The van der Waals surface area contributed by atoms with Crippen molar-refractivity contribution >= 4 is 74.5 Å². The lowest BCUT2D eigenvalue weighted by molar-refractivity contribution is 1.57. The van der Waals surface area contributed by atoms with Crippen molar-refractivity contribution in [2.75, 3.05) is 10.6 Å². The highest BCUT2D eigenvalue weighted by atomic mass is 127. The highest BCUT2D eigenvalue weighted by Crippen LogP contribution is 2.25. The second-order valence-electron chi connectivity index (χ2n) is 3.68. The molecule has 2 rings (SSSR count). The summed E-state index contributed by atoms with van der Waals surface area (Å²) in [5.41, 5.74) is 1.67. The van der Waals surface area contributed by atoms with E-state index in [1.807, 2.05) is 24.3 Å². The summed E-state index contributed by atoms with van der Waals surface area (Å²) in [6.45, 7) is 0. The molecule has 2 aromatic rings. The Kier molecular flexibility index (Phi) is 5.27. The molecule has 0 saturated carbocycles. The van der Waals surface area contributed by atoms with E-state index in [1.54, 1.807) is 18.2 Å². The van der Waals surface area contributed by atoms with Crippen molar-refractivity contribution < 1.29 is 0 Å². The van der Waals surface area contributed by atoms with Crippen LogP contribution in [-0.2, 0) is 0 Å². The van der Waals surface area contributed by atoms with Crippen molar-refractivity contribution in [2.45, 2.75) is 0 Å². The lowest BCUT2D eigenvalue weighted by atomic mass is 10.3. The summed E-state index contributed by atoms with van der Waals surface area (Å²) in [5.74, 6) is 0. The largest absolute Gasteiger partial charge is 0.332 e. The molecule has 0 heterocycles. The Morgan fingerprint density at radius 1 is 1.00 bits per heavy atom. The summed E-state index contributed by atoms with van der Waals surface area (Å²) in [6.07, 6.45) is 0. The highest BCUT2D eigenvalue weighted by Gasteiger charge is 2.05. The van der Waals surface area contributed by atoms with E-state index in [1.165, 1.54) is 0 Å². The van der Waals surface area contributed by atoms with E-state index in [0.29, 0.717) is 15.2 Å². The van der Waals surface area contributed by atoms with Crippen molar-refractivity contribution in [1.82, 2.24) is 0 Å². The maximum Gasteiger partial charge on any atom is 0.175 e. The van der Waals surface area contributed by atoms with Gasteiger partial charge >= 0.3 is 0 Å². The van der Waals surface area contributed by atoms with Gasteiger partial charge in [-0.2, -0.15) is 0 Å². The predicted molar refractivity (Wildman–Crippen MR) is 95.5 cm³/mol. The zero-order valence-electron chi connectivity index (χ0n) is 9.58. The van der Waals surface area contributed by atoms with E-state index in [0.717, 1.165) is 14.9 Å². The molecular formula is C13H9Cl2IN2S. The van der Waals surface area contributed by atoms with Crippen molar-refractivity contribution in [3.8, 4) is 0 Å². The van der Waals surface area contributed by atoms with Crippen LogP contribution in [0.5, 0.6) is 0 Å². The van der Waals surface area contributed by atoms with Gasteiger partial charge in [-0.3, -0.25) is 0 Å².